The maximum atomic E-state index is 13.5. The SMILES string of the molecule is CCC(NC(=O)[C@@H](N)CC(C)C)C(O)C(=O)CCc1cc(F)cc(OC)c1. The number of nitrogens with one attached hydrogen (secondary N) is 1. The van der Waals surface area contributed by atoms with E-state index in [1.54, 1.807) is 13.0 Å². The van der Waals surface area contributed by atoms with Crippen LogP contribution in [0.1, 0.15) is 45.6 Å². The summed E-state index contributed by atoms with van der Waals surface area (Å²) < 4.78 is 18.5. The largest absolute Gasteiger partial charge is 0.497 e. The quantitative estimate of drug-likeness (QED) is 0.543. The summed E-state index contributed by atoms with van der Waals surface area (Å²) in [5, 5.41) is 13.0. The molecule has 3 atom stereocenters. The average molecular weight is 382 g/mol. The molecule has 0 spiro atoms. The summed E-state index contributed by atoms with van der Waals surface area (Å²) in [6.45, 7) is 5.70. The van der Waals surface area contributed by atoms with Gasteiger partial charge in [-0.15, -0.1) is 0 Å². The number of rotatable bonds is 11. The fourth-order valence-electron chi connectivity index (χ4n) is 2.83. The van der Waals surface area contributed by atoms with Crippen LogP contribution in [0.5, 0.6) is 5.75 Å². The summed E-state index contributed by atoms with van der Waals surface area (Å²) in [6, 6.07) is 2.84. The topological polar surface area (TPSA) is 102 Å². The zero-order valence-electron chi connectivity index (χ0n) is 16.5. The van der Waals surface area contributed by atoms with Crippen molar-refractivity contribution in [2.45, 2.75) is 64.6 Å². The summed E-state index contributed by atoms with van der Waals surface area (Å²) in [4.78, 5) is 24.5. The molecule has 0 fully saturated rings. The molecule has 152 valence electrons. The summed E-state index contributed by atoms with van der Waals surface area (Å²) in [7, 11) is 1.44. The molecule has 1 amide bonds. The average Bonchev–Trinajstić information content (AvgIpc) is 2.62. The maximum Gasteiger partial charge on any atom is 0.237 e. The van der Waals surface area contributed by atoms with Crippen molar-refractivity contribution in [3.8, 4) is 5.75 Å². The number of amides is 1. The van der Waals surface area contributed by atoms with Crippen molar-refractivity contribution in [3.63, 3.8) is 0 Å². The van der Waals surface area contributed by atoms with Crippen LogP contribution in [0.15, 0.2) is 18.2 Å². The molecule has 1 rings (SSSR count). The van der Waals surface area contributed by atoms with E-state index < -0.39 is 29.8 Å². The van der Waals surface area contributed by atoms with Crippen LogP contribution in [-0.2, 0) is 16.0 Å². The lowest BCUT2D eigenvalue weighted by Crippen LogP contribution is -2.51. The van der Waals surface area contributed by atoms with Gasteiger partial charge in [0, 0.05) is 12.5 Å². The molecule has 0 aliphatic rings. The van der Waals surface area contributed by atoms with Gasteiger partial charge in [-0.3, -0.25) is 9.59 Å². The third-order valence-electron chi connectivity index (χ3n) is 4.37. The highest BCUT2D eigenvalue weighted by Gasteiger charge is 2.27. The molecule has 0 radical (unpaired) electrons. The molecular formula is C20H31FN2O4. The molecule has 7 heteroatoms. The van der Waals surface area contributed by atoms with Crippen LogP contribution in [0, 0.1) is 11.7 Å². The Kier molecular flexibility index (Phi) is 9.38. The summed E-state index contributed by atoms with van der Waals surface area (Å²) in [5.74, 6) is -0.605. The number of carbonyl (C=O) groups excluding carboxylic acids is 2. The Hall–Kier alpha value is -1.99. The molecule has 1 aromatic rings. The van der Waals surface area contributed by atoms with Gasteiger partial charge in [0.25, 0.3) is 0 Å². The minimum atomic E-state index is -1.33. The van der Waals surface area contributed by atoms with E-state index in [0.29, 0.717) is 24.2 Å². The highest BCUT2D eigenvalue weighted by atomic mass is 19.1. The van der Waals surface area contributed by atoms with Crippen LogP contribution in [-0.4, -0.2) is 42.1 Å². The first-order valence-electron chi connectivity index (χ1n) is 9.28. The van der Waals surface area contributed by atoms with Crippen LogP contribution in [0.2, 0.25) is 0 Å². The van der Waals surface area contributed by atoms with E-state index in [4.69, 9.17) is 10.5 Å². The molecule has 0 heterocycles. The van der Waals surface area contributed by atoms with Gasteiger partial charge in [-0.1, -0.05) is 20.8 Å². The van der Waals surface area contributed by atoms with E-state index in [-0.39, 0.29) is 24.7 Å². The van der Waals surface area contributed by atoms with Gasteiger partial charge in [-0.25, -0.2) is 4.39 Å². The van der Waals surface area contributed by atoms with Crippen molar-refractivity contribution in [1.82, 2.24) is 5.32 Å². The molecule has 1 aromatic carbocycles. The van der Waals surface area contributed by atoms with Gasteiger partial charge in [0.05, 0.1) is 19.2 Å². The first kappa shape index (κ1) is 23.0. The minimum Gasteiger partial charge on any atom is -0.497 e. The van der Waals surface area contributed by atoms with E-state index in [1.165, 1.54) is 19.2 Å². The van der Waals surface area contributed by atoms with Crippen molar-refractivity contribution >= 4 is 11.7 Å². The predicted octanol–water partition coefficient (Wildman–Crippen LogP) is 1.97. The lowest BCUT2D eigenvalue weighted by Gasteiger charge is -2.24. The fraction of sp³-hybridized carbons (Fsp3) is 0.600. The van der Waals surface area contributed by atoms with Gasteiger partial charge in [0.2, 0.25) is 5.91 Å². The summed E-state index contributed by atoms with van der Waals surface area (Å²) in [6.07, 6.45) is -0.130. The minimum absolute atomic E-state index is 0.0260. The molecule has 0 saturated heterocycles. The third kappa shape index (κ3) is 7.64. The molecule has 0 aliphatic heterocycles. The Bertz CT molecular complexity index is 636. The highest BCUT2D eigenvalue weighted by Crippen LogP contribution is 2.18. The Morgan fingerprint density at radius 3 is 2.52 bits per heavy atom. The Morgan fingerprint density at radius 1 is 1.30 bits per heavy atom. The summed E-state index contributed by atoms with van der Waals surface area (Å²) in [5.41, 5.74) is 6.45. The Labute approximate surface area is 160 Å². The van der Waals surface area contributed by atoms with Gasteiger partial charge in [-0.05, 0) is 42.9 Å². The van der Waals surface area contributed by atoms with Gasteiger partial charge in [-0.2, -0.15) is 0 Å². The second-order valence-corrected chi connectivity index (χ2v) is 7.17. The zero-order chi connectivity index (χ0) is 20.6. The molecule has 27 heavy (non-hydrogen) atoms. The molecule has 2 unspecified atom stereocenters. The van der Waals surface area contributed by atoms with Crippen LogP contribution in [0.4, 0.5) is 4.39 Å². The number of ketones is 1. The third-order valence-corrected chi connectivity index (χ3v) is 4.37. The first-order chi connectivity index (χ1) is 12.7. The van der Waals surface area contributed by atoms with Crippen LogP contribution < -0.4 is 15.8 Å². The Balaban J connectivity index is 2.64. The van der Waals surface area contributed by atoms with E-state index in [0.717, 1.165) is 0 Å². The predicted molar refractivity (Wildman–Crippen MR) is 102 cm³/mol. The molecule has 4 N–H and O–H groups in total. The first-order valence-corrected chi connectivity index (χ1v) is 9.28. The maximum absolute atomic E-state index is 13.5. The van der Waals surface area contributed by atoms with Gasteiger partial charge in [0.1, 0.15) is 17.7 Å². The van der Waals surface area contributed by atoms with Crippen LogP contribution >= 0.6 is 0 Å². The lowest BCUT2D eigenvalue weighted by molar-refractivity contribution is -0.130. The van der Waals surface area contributed by atoms with Crippen LogP contribution in [0.25, 0.3) is 0 Å². The number of Topliss-reactive ketones (excluding diaryl/α,β-unsaturated/α-hetero) is 1. The van der Waals surface area contributed by atoms with Crippen molar-refractivity contribution in [3.05, 3.63) is 29.6 Å². The molecular weight excluding hydrogens is 351 g/mol. The molecule has 0 saturated carbocycles. The standard InChI is InChI=1S/C20H31FN2O4/c1-5-17(23-20(26)16(22)8-12(2)3)19(25)18(24)7-6-13-9-14(21)11-15(10-13)27-4/h9-12,16-17,19,25H,5-8,22H2,1-4H3,(H,23,26)/t16-,17?,19?/m0/s1. The molecule has 6 nitrogen and oxygen atoms in total. The van der Waals surface area contributed by atoms with E-state index >= 15 is 0 Å². The number of aryl methyl sites for hydroxylation is 1. The normalized spacial score (nSPS) is 14.5. The number of ether oxygens (including phenoxy) is 1. The van der Waals surface area contributed by atoms with Crippen molar-refractivity contribution in [2.75, 3.05) is 7.11 Å². The number of carbonyl (C=O) groups is 2. The van der Waals surface area contributed by atoms with Crippen molar-refractivity contribution in [1.29, 1.82) is 0 Å². The smallest absolute Gasteiger partial charge is 0.237 e. The van der Waals surface area contributed by atoms with E-state index in [9.17, 15) is 19.1 Å². The monoisotopic (exact) mass is 382 g/mol. The second-order valence-electron chi connectivity index (χ2n) is 7.17. The number of methoxy groups -OCH3 is 1. The molecule has 0 aliphatic carbocycles. The highest BCUT2D eigenvalue weighted by molar-refractivity contribution is 5.86. The number of halogens is 1. The van der Waals surface area contributed by atoms with Crippen molar-refractivity contribution in [2.24, 2.45) is 11.7 Å². The fourth-order valence-corrected chi connectivity index (χ4v) is 2.83. The molecule has 0 bridgehead atoms. The number of aliphatic hydroxyl groups excluding tert-OH is 1. The van der Waals surface area contributed by atoms with E-state index in [2.05, 4.69) is 5.32 Å². The Morgan fingerprint density at radius 2 is 1.96 bits per heavy atom. The van der Waals surface area contributed by atoms with E-state index in [1.807, 2.05) is 13.8 Å². The van der Waals surface area contributed by atoms with Crippen LogP contribution in [0.3, 0.4) is 0 Å². The van der Waals surface area contributed by atoms with Gasteiger partial charge < -0.3 is 20.9 Å². The number of benzene rings is 1. The van der Waals surface area contributed by atoms with Gasteiger partial charge in [0.15, 0.2) is 5.78 Å². The second kappa shape index (κ2) is 11.0. The van der Waals surface area contributed by atoms with Gasteiger partial charge >= 0.3 is 0 Å². The number of hydrogen-bond donors (Lipinski definition) is 3. The lowest BCUT2D eigenvalue weighted by atomic mass is 9.97. The molecule has 0 aromatic heterocycles. The number of nitrogens with two attached hydrogens (primary N) is 1. The summed E-state index contributed by atoms with van der Waals surface area (Å²) >= 11 is 0. The number of aliphatic hydroxyl groups is 1. The van der Waals surface area contributed by atoms with Crippen molar-refractivity contribution < 1.29 is 23.8 Å². The zero-order valence-corrected chi connectivity index (χ0v) is 16.5. The number of hydrogen-bond acceptors (Lipinski definition) is 5.